The average Bonchev–Trinajstić information content (AvgIpc) is 2.57. The maximum absolute atomic E-state index is 12.8. The Morgan fingerprint density at radius 3 is 1.96 bits per heavy atom. The van der Waals surface area contributed by atoms with Crippen molar-refractivity contribution >= 4 is 23.0 Å². The zero-order valence-electron chi connectivity index (χ0n) is 15.2. The molecular formula is C20H29F3N2S. The molecule has 2 nitrogen and oxygen atoms in total. The molecule has 0 unspecified atom stereocenters. The molecule has 2 N–H and O–H groups in total. The van der Waals surface area contributed by atoms with Gasteiger partial charge in [-0.3, -0.25) is 0 Å². The van der Waals surface area contributed by atoms with Gasteiger partial charge in [-0.25, -0.2) is 0 Å². The van der Waals surface area contributed by atoms with Gasteiger partial charge >= 0.3 is 6.18 Å². The van der Waals surface area contributed by atoms with E-state index < -0.39 is 11.7 Å². The lowest BCUT2D eigenvalue weighted by Crippen LogP contribution is -2.37. The monoisotopic (exact) mass is 386 g/mol. The smallest absolute Gasteiger partial charge is 0.360 e. The number of halogens is 3. The van der Waals surface area contributed by atoms with E-state index in [1.165, 1.54) is 63.9 Å². The van der Waals surface area contributed by atoms with Gasteiger partial charge in [-0.2, -0.15) is 13.2 Å². The van der Waals surface area contributed by atoms with Gasteiger partial charge in [0.25, 0.3) is 0 Å². The molecule has 2 rings (SSSR count). The highest BCUT2D eigenvalue weighted by atomic mass is 32.1. The number of rotatable bonds is 2. The molecule has 1 fully saturated rings. The first-order valence-electron chi connectivity index (χ1n) is 9.70. The Hall–Kier alpha value is -1.30. The highest BCUT2D eigenvalue weighted by Gasteiger charge is 2.30. The van der Waals surface area contributed by atoms with E-state index in [2.05, 4.69) is 10.6 Å². The maximum Gasteiger partial charge on any atom is 0.416 e. The van der Waals surface area contributed by atoms with Gasteiger partial charge in [-0.15, -0.1) is 0 Å². The lowest BCUT2D eigenvalue weighted by molar-refractivity contribution is -0.137. The van der Waals surface area contributed by atoms with Crippen molar-refractivity contribution in [3.8, 4) is 0 Å². The molecule has 146 valence electrons. The number of benzene rings is 1. The minimum Gasteiger partial charge on any atom is -0.360 e. The third kappa shape index (κ3) is 7.94. The molecule has 1 aliphatic rings. The van der Waals surface area contributed by atoms with Crippen LogP contribution in [0.3, 0.4) is 0 Å². The molecule has 0 bridgehead atoms. The Morgan fingerprint density at radius 2 is 1.42 bits per heavy atom. The van der Waals surface area contributed by atoms with Gasteiger partial charge in [0.15, 0.2) is 5.11 Å². The normalized spacial score (nSPS) is 18.4. The van der Waals surface area contributed by atoms with E-state index in [4.69, 9.17) is 12.2 Å². The van der Waals surface area contributed by atoms with Gasteiger partial charge in [0.05, 0.1) is 5.56 Å². The Kier molecular flexibility index (Phi) is 8.69. The molecule has 0 aliphatic heterocycles. The molecule has 0 spiro atoms. The summed E-state index contributed by atoms with van der Waals surface area (Å²) < 4.78 is 38.5. The van der Waals surface area contributed by atoms with Gasteiger partial charge < -0.3 is 10.6 Å². The van der Waals surface area contributed by atoms with E-state index in [1.807, 2.05) is 0 Å². The van der Waals surface area contributed by atoms with E-state index >= 15 is 0 Å². The number of anilines is 1. The number of alkyl halides is 3. The second-order valence-corrected chi connectivity index (χ2v) is 7.54. The molecule has 1 aliphatic carbocycles. The minimum atomic E-state index is -4.35. The highest BCUT2D eigenvalue weighted by molar-refractivity contribution is 7.80. The van der Waals surface area contributed by atoms with Crippen molar-refractivity contribution in [3.63, 3.8) is 0 Å². The lowest BCUT2D eigenvalue weighted by Gasteiger charge is -2.22. The first-order chi connectivity index (χ1) is 12.4. The van der Waals surface area contributed by atoms with E-state index in [0.717, 1.165) is 25.0 Å². The van der Waals surface area contributed by atoms with Crippen LogP contribution in [0.1, 0.15) is 76.2 Å². The summed E-state index contributed by atoms with van der Waals surface area (Å²) in [5, 5.41) is 6.63. The molecule has 0 saturated heterocycles. The molecule has 1 aromatic rings. The van der Waals surface area contributed by atoms with Crippen LogP contribution in [0.2, 0.25) is 0 Å². The first kappa shape index (κ1) is 21.0. The number of nitrogens with one attached hydrogen (secondary N) is 2. The Labute approximate surface area is 159 Å². The number of hydrogen-bond donors (Lipinski definition) is 2. The van der Waals surface area contributed by atoms with Crippen molar-refractivity contribution in [2.75, 3.05) is 5.32 Å². The van der Waals surface area contributed by atoms with E-state index in [9.17, 15) is 13.2 Å². The summed E-state index contributed by atoms with van der Waals surface area (Å²) >= 11 is 5.34. The summed E-state index contributed by atoms with van der Waals surface area (Å²) in [7, 11) is 0. The van der Waals surface area contributed by atoms with E-state index in [1.54, 1.807) is 6.07 Å². The SMILES string of the molecule is FC(F)(F)c1cccc(NC(=S)NC2CCCCCCCCCCC2)c1. The van der Waals surface area contributed by atoms with Crippen molar-refractivity contribution in [2.24, 2.45) is 0 Å². The molecule has 1 saturated carbocycles. The van der Waals surface area contributed by atoms with Crippen LogP contribution in [0.5, 0.6) is 0 Å². The first-order valence-corrected chi connectivity index (χ1v) is 10.1. The van der Waals surface area contributed by atoms with Crippen molar-refractivity contribution in [1.82, 2.24) is 5.32 Å². The van der Waals surface area contributed by atoms with Crippen LogP contribution in [0.4, 0.5) is 18.9 Å². The Morgan fingerprint density at radius 1 is 0.885 bits per heavy atom. The second kappa shape index (κ2) is 10.8. The topological polar surface area (TPSA) is 24.1 Å². The molecule has 0 atom stereocenters. The second-order valence-electron chi connectivity index (χ2n) is 7.13. The quantitative estimate of drug-likeness (QED) is 0.555. The van der Waals surface area contributed by atoms with Crippen LogP contribution in [-0.4, -0.2) is 11.2 Å². The Bertz CT molecular complexity index is 548. The number of thiocarbonyl (C=S) groups is 1. The molecular weight excluding hydrogens is 357 g/mol. The highest BCUT2D eigenvalue weighted by Crippen LogP contribution is 2.30. The molecule has 0 heterocycles. The summed E-state index contributed by atoms with van der Waals surface area (Å²) in [6, 6.07) is 5.44. The zero-order chi connectivity index (χ0) is 18.8. The average molecular weight is 387 g/mol. The van der Waals surface area contributed by atoms with Gasteiger partial charge in [0.2, 0.25) is 0 Å². The summed E-state index contributed by atoms with van der Waals surface area (Å²) in [5.74, 6) is 0. The van der Waals surface area contributed by atoms with Crippen LogP contribution in [0, 0.1) is 0 Å². The molecule has 0 amide bonds. The van der Waals surface area contributed by atoms with E-state index in [0.29, 0.717) is 16.8 Å². The van der Waals surface area contributed by atoms with Crippen LogP contribution in [0.25, 0.3) is 0 Å². The minimum absolute atomic E-state index is 0.292. The fraction of sp³-hybridized carbons (Fsp3) is 0.650. The zero-order valence-corrected chi connectivity index (χ0v) is 16.0. The van der Waals surface area contributed by atoms with E-state index in [-0.39, 0.29) is 0 Å². The van der Waals surface area contributed by atoms with Crippen molar-refractivity contribution in [3.05, 3.63) is 29.8 Å². The van der Waals surface area contributed by atoms with Crippen LogP contribution >= 0.6 is 12.2 Å². The third-order valence-electron chi connectivity index (χ3n) is 4.89. The fourth-order valence-electron chi connectivity index (χ4n) is 3.43. The number of hydrogen-bond acceptors (Lipinski definition) is 1. The fourth-order valence-corrected chi connectivity index (χ4v) is 3.72. The summed E-state index contributed by atoms with van der Waals surface area (Å²) in [6.45, 7) is 0. The summed E-state index contributed by atoms with van der Waals surface area (Å²) in [5.41, 5.74) is -0.304. The van der Waals surface area contributed by atoms with Gasteiger partial charge in [-0.05, 0) is 43.3 Å². The summed E-state index contributed by atoms with van der Waals surface area (Å²) in [4.78, 5) is 0. The largest absolute Gasteiger partial charge is 0.416 e. The maximum atomic E-state index is 12.8. The molecule has 26 heavy (non-hydrogen) atoms. The van der Waals surface area contributed by atoms with Gasteiger partial charge in [0, 0.05) is 11.7 Å². The van der Waals surface area contributed by atoms with Crippen molar-refractivity contribution in [1.29, 1.82) is 0 Å². The van der Waals surface area contributed by atoms with Gasteiger partial charge in [-0.1, -0.05) is 63.9 Å². The molecule has 0 aromatic heterocycles. The lowest BCUT2D eigenvalue weighted by atomic mass is 9.98. The third-order valence-corrected chi connectivity index (χ3v) is 5.11. The van der Waals surface area contributed by atoms with Crippen molar-refractivity contribution < 1.29 is 13.2 Å². The summed E-state index contributed by atoms with van der Waals surface area (Å²) in [6.07, 6.45) is 9.19. The standard InChI is InChI=1S/C20H29F3N2S/c21-20(22,23)16-11-10-14-18(15-16)25-19(26)24-17-12-8-6-4-2-1-3-5-7-9-13-17/h10-11,14-15,17H,1-9,12-13H2,(H2,24,25,26). The van der Waals surface area contributed by atoms with Crippen LogP contribution in [0.15, 0.2) is 24.3 Å². The van der Waals surface area contributed by atoms with Crippen LogP contribution < -0.4 is 10.6 Å². The van der Waals surface area contributed by atoms with Crippen LogP contribution in [-0.2, 0) is 6.18 Å². The predicted octanol–water partition coefficient (Wildman–Crippen LogP) is 6.67. The molecule has 6 heteroatoms. The van der Waals surface area contributed by atoms with Crippen molar-refractivity contribution in [2.45, 2.75) is 82.8 Å². The molecule has 1 aromatic carbocycles. The molecule has 0 radical (unpaired) electrons. The van der Waals surface area contributed by atoms with Gasteiger partial charge in [0.1, 0.15) is 0 Å². The Balaban J connectivity index is 1.87. The predicted molar refractivity (Wildman–Crippen MR) is 105 cm³/mol.